The van der Waals surface area contributed by atoms with Crippen molar-refractivity contribution in [3.05, 3.63) is 71.0 Å². The maximum absolute atomic E-state index is 13.7. The summed E-state index contributed by atoms with van der Waals surface area (Å²) in [6.07, 6.45) is 1.87. The van der Waals surface area contributed by atoms with Crippen LogP contribution in [0.2, 0.25) is 0 Å². The molecule has 0 fully saturated rings. The van der Waals surface area contributed by atoms with Crippen LogP contribution in [0.1, 0.15) is 33.9 Å². The number of nitrogens with zero attached hydrogens (tertiary/aromatic N) is 1. The fourth-order valence-corrected chi connectivity index (χ4v) is 2.90. The highest BCUT2D eigenvalue weighted by Crippen LogP contribution is 2.35. The molecule has 0 saturated heterocycles. The third kappa shape index (κ3) is 2.09. The molecule has 20 heavy (non-hydrogen) atoms. The normalized spacial score (nSPS) is 16.8. The second kappa shape index (κ2) is 5.08. The molecule has 0 heterocycles. The van der Waals surface area contributed by atoms with Crippen LogP contribution in [0.3, 0.4) is 0 Å². The van der Waals surface area contributed by atoms with Gasteiger partial charge in [0.1, 0.15) is 5.82 Å². The zero-order valence-electron chi connectivity index (χ0n) is 11.3. The number of benzene rings is 2. The van der Waals surface area contributed by atoms with Crippen molar-refractivity contribution in [2.75, 3.05) is 7.05 Å². The second-order valence-corrected chi connectivity index (χ2v) is 5.15. The molecule has 2 aromatic rings. The Hall–Kier alpha value is -2.16. The van der Waals surface area contributed by atoms with Gasteiger partial charge in [0, 0.05) is 7.05 Å². The first kappa shape index (κ1) is 12.9. The van der Waals surface area contributed by atoms with E-state index in [1.807, 2.05) is 12.1 Å². The zero-order chi connectivity index (χ0) is 14.1. The molecule has 1 aliphatic rings. The van der Waals surface area contributed by atoms with Gasteiger partial charge >= 0.3 is 0 Å². The van der Waals surface area contributed by atoms with Crippen LogP contribution in [-0.4, -0.2) is 17.9 Å². The third-order valence-electron chi connectivity index (χ3n) is 3.99. The molecule has 102 valence electrons. The van der Waals surface area contributed by atoms with Crippen LogP contribution < -0.4 is 0 Å². The summed E-state index contributed by atoms with van der Waals surface area (Å²) in [6.45, 7) is 0. The highest BCUT2D eigenvalue weighted by molar-refractivity contribution is 5.94. The highest BCUT2D eigenvalue weighted by Gasteiger charge is 2.29. The van der Waals surface area contributed by atoms with Crippen molar-refractivity contribution < 1.29 is 9.18 Å². The first-order valence-electron chi connectivity index (χ1n) is 6.78. The first-order valence-corrected chi connectivity index (χ1v) is 6.78. The number of aryl methyl sites for hydroxylation is 1. The predicted octanol–water partition coefficient (Wildman–Crippen LogP) is 3.59. The van der Waals surface area contributed by atoms with Gasteiger partial charge in [0.15, 0.2) is 0 Å². The SMILES string of the molecule is CN(C(=O)c1ccccc1F)C1CCc2ccccc21. The predicted molar refractivity (Wildman–Crippen MR) is 76.0 cm³/mol. The van der Waals surface area contributed by atoms with Crippen molar-refractivity contribution in [3.63, 3.8) is 0 Å². The van der Waals surface area contributed by atoms with Gasteiger partial charge in [0.05, 0.1) is 11.6 Å². The summed E-state index contributed by atoms with van der Waals surface area (Å²) in [5.74, 6) is -0.722. The van der Waals surface area contributed by atoms with Crippen molar-refractivity contribution in [2.24, 2.45) is 0 Å². The van der Waals surface area contributed by atoms with Crippen molar-refractivity contribution in [1.29, 1.82) is 0 Å². The second-order valence-electron chi connectivity index (χ2n) is 5.15. The van der Waals surface area contributed by atoms with Crippen LogP contribution in [0.5, 0.6) is 0 Å². The molecule has 1 amide bonds. The van der Waals surface area contributed by atoms with Crippen molar-refractivity contribution in [3.8, 4) is 0 Å². The minimum atomic E-state index is -0.462. The van der Waals surface area contributed by atoms with E-state index in [9.17, 15) is 9.18 Å². The lowest BCUT2D eigenvalue weighted by Gasteiger charge is -2.25. The first-order chi connectivity index (χ1) is 9.68. The Morgan fingerprint density at radius 2 is 1.85 bits per heavy atom. The molecule has 0 aromatic heterocycles. The van der Waals surface area contributed by atoms with E-state index in [4.69, 9.17) is 0 Å². The number of hydrogen-bond acceptors (Lipinski definition) is 1. The highest BCUT2D eigenvalue weighted by atomic mass is 19.1. The number of carbonyl (C=O) groups excluding carboxylic acids is 1. The fraction of sp³-hybridized carbons (Fsp3) is 0.235. The van der Waals surface area contributed by atoms with Gasteiger partial charge in [0.2, 0.25) is 0 Å². The van der Waals surface area contributed by atoms with E-state index in [1.165, 1.54) is 23.3 Å². The Labute approximate surface area is 117 Å². The Morgan fingerprint density at radius 1 is 1.15 bits per heavy atom. The molecule has 0 bridgehead atoms. The molecule has 1 aliphatic carbocycles. The van der Waals surface area contributed by atoms with Crippen LogP contribution in [-0.2, 0) is 6.42 Å². The molecule has 0 radical (unpaired) electrons. The molecule has 1 atom stereocenters. The van der Waals surface area contributed by atoms with Gasteiger partial charge < -0.3 is 4.90 Å². The smallest absolute Gasteiger partial charge is 0.257 e. The van der Waals surface area contributed by atoms with Gasteiger partial charge in [-0.1, -0.05) is 36.4 Å². The lowest BCUT2D eigenvalue weighted by molar-refractivity contribution is 0.0726. The molecule has 0 saturated carbocycles. The average Bonchev–Trinajstić information content (AvgIpc) is 2.90. The van der Waals surface area contributed by atoms with E-state index in [2.05, 4.69) is 12.1 Å². The molecule has 1 unspecified atom stereocenters. The Morgan fingerprint density at radius 3 is 2.65 bits per heavy atom. The van der Waals surface area contributed by atoms with Gasteiger partial charge in [-0.05, 0) is 36.1 Å². The number of fused-ring (bicyclic) bond motifs is 1. The van der Waals surface area contributed by atoms with E-state index in [-0.39, 0.29) is 17.5 Å². The summed E-state index contributed by atoms with van der Waals surface area (Å²) >= 11 is 0. The van der Waals surface area contributed by atoms with Gasteiger partial charge in [-0.3, -0.25) is 4.79 Å². The van der Waals surface area contributed by atoms with Crippen LogP contribution in [0.4, 0.5) is 4.39 Å². The summed E-state index contributed by atoms with van der Waals surface area (Å²) < 4.78 is 13.7. The van der Waals surface area contributed by atoms with E-state index >= 15 is 0 Å². The monoisotopic (exact) mass is 269 g/mol. The summed E-state index contributed by atoms with van der Waals surface area (Å²) in [5.41, 5.74) is 2.60. The standard InChI is InChI=1S/C17H16FNO/c1-19(17(20)14-8-4-5-9-15(14)18)16-11-10-12-6-2-3-7-13(12)16/h2-9,16H,10-11H2,1H3. The zero-order valence-corrected chi connectivity index (χ0v) is 11.3. The van der Waals surface area contributed by atoms with Crippen molar-refractivity contribution >= 4 is 5.91 Å². The molecular weight excluding hydrogens is 253 g/mol. The summed E-state index contributed by atoms with van der Waals surface area (Å²) in [5, 5.41) is 0. The van der Waals surface area contributed by atoms with Crippen molar-refractivity contribution in [1.82, 2.24) is 4.90 Å². The average molecular weight is 269 g/mol. The summed E-state index contributed by atoms with van der Waals surface area (Å²) in [4.78, 5) is 14.1. The maximum atomic E-state index is 13.7. The van der Waals surface area contributed by atoms with E-state index in [1.54, 1.807) is 24.1 Å². The van der Waals surface area contributed by atoms with Crippen molar-refractivity contribution in [2.45, 2.75) is 18.9 Å². The third-order valence-corrected chi connectivity index (χ3v) is 3.99. The van der Waals surface area contributed by atoms with E-state index < -0.39 is 5.82 Å². The molecule has 2 nitrogen and oxygen atoms in total. The number of carbonyl (C=O) groups is 1. The lowest BCUT2D eigenvalue weighted by atomic mass is 10.1. The molecule has 0 spiro atoms. The fourth-order valence-electron chi connectivity index (χ4n) is 2.90. The topological polar surface area (TPSA) is 20.3 Å². The van der Waals surface area contributed by atoms with E-state index in [0.717, 1.165) is 12.8 Å². The quantitative estimate of drug-likeness (QED) is 0.816. The Bertz CT molecular complexity index is 653. The summed E-state index contributed by atoms with van der Waals surface area (Å²) in [7, 11) is 1.75. The molecule has 0 aliphatic heterocycles. The van der Waals surface area contributed by atoms with Crippen LogP contribution >= 0.6 is 0 Å². The Kier molecular flexibility index (Phi) is 3.26. The van der Waals surface area contributed by atoms with Crippen LogP contribution in [0.25, 0.3) is 0 Å². The van der Waals surface area contributed by atoms with Gasteiger partial charge in [-0.15, -0.1) is 0 Å². The van der Waals surface area contributed by atoms with Crippen LogP contribution in [0, 0.1) is 5.82 Å². The minimum Gasteiger partial charge on any atom is -0.335 e. The Balaban J connectivity index is 1.89. The number of amides is 1. The van der Waals surface area contributed by atoms with Gasteiger partial charge in [0.25, 0.3) is 5.91 Å². The molecular formula is C17H16FNO. The van der Waals surface area contributed by atoms with Gasteiger partial charge in [-0.2, -0.15) is 0 Å². The molecule has 3 heteroatoms. The van der Waals surface area contributed by atoms with E-state index in [0.29, 0.717) is 0 Å². The number of halogens is 1. The largest absolute Gasteiger partial charge is 0.335 e. The molecule has 2 aromatic carbocycles. The molecule has 0 N–H and O–H groups in total. The van der Waals surface area contributed by atoms with Crippen LogP contribution in [0.15, 0.2) is 48.5 Å². The van der Waals surface area contributed by atoms with Gasteiger partial charge in [-0.25, -0.2) is 4.39 Å². The minimum absolute atomic E-state index is 0.0401. The molecule has 3 rings (SSSR count). The summed E-state index contributed by atoms with van der Waals surface area (Å²) in [6, 6.07) is 14.3. The maximum Gasteiger partial charge on any atom is 0.257 e. The number of rotatable bonds is 2. The number of hydrogen-bond donors (Lipinski definition) is 0. The lowest BCUT2D eigenvalue weighted by Crippen LogP contribution is -2.30.